The molecule has 2 N–H and O–H groups in total. The molecule has 2 heterocycles. The van der Waals surface area contributed by atoms with Crippen LogP contribution in [-0.4, -0.2) is 79.5 Å². The molecule has 1 saturated heterocycles. The number of ether oxygens (including phenoxy) is 1. The Hall–Kier alpha value is -2.46. The number of rotatable bonds is 9. The number of carbonyl (C=O) groups excluding carboxylic acids is 2. The van der Waals surface area contributed by atoms with Crippen molar-refractivity contribution in [3.8, 4) is 5.75 Å². The molecule has 2 aromatic rings. The standard InChI is InChI=1S/C27H32F3N3O6S.2H2S/c1-17(2)13-33(26(36)11-18-6-7-24-22(10-18)31-25(35)16-40(24,37)38)23(15-32-9-8-20(34)14-32)19-4-3-5-21(12-19)39-27(28,29)30;;/h3-7,10,12,17,20,23,34H,8-9,11,13-16H2,1-2H3,(H,31,35);2*1H2/t20-,23-;;/m1../s1. The van der Waals surface area contributed by atoms with Crippen LogP contribution in [0.2, 0.25) is 0 Å². The first-order chi connectivity index (χ1) is 18.7. The summed E-state index contributed by atoms with van der Waals surface area (Å²) in [7, 11) is -3.78. The van der Waals surface area contributed by atoms with Gasteiger partial charge in [-0.3, -0.25) is 14.5 Å². The number of nitrogens with zero attached hydrogens (tertiary/aromatic N) is 2. The van der Waals surface area contributed by atoms with Crippen LogP contribution in [0.4, 0.5) is 18.9 Å². The lowest BCUT2D eigenvalue weighted by Gasteiger charge is -2.36. The van der Waals surface area contributed by atoms with E-state index in [1.165, 1.54) is 36.4 Å². The fourth-order valence-electron chi connectivity index (χ4n) is 5.09. The second-order valence-corrected chi connectivity index (χ2v) is 12.6. The van der Waals surface area contributed by atoms with E-state index < -0.39 is 45.8 Å². The number of aliphatic hydroxyl groups excluding tert-OH is 1. The normalized spacial score (nSPS) is 18.7. The largest absolute Gasteiger partial charge is 0.573 e. The minimum absolute atomic E-state index is 0. The summed E-state index contributed by atoms with van der Waals surface area (Å²) < 4.78 is 67.7. The molecule has 42 heavy (non-hydrogen) atoms. The summed E-state index contributed by atoms with van der Waals surface area (Å²) >= 11 is 0. The van der Waals surface area contributed by atoms with Crippen molar-refractivity contribution >= 4 is 54.3 Å². The Kier molecular flexibility index (Phi) is 12.2. The van der Waals surface area contributed by atoms with Crippen molar-refractivity contribution in [2.75, 3.05) is 37.2 Å². The van der Waals surface area contributed by atoms with Crippen LogP contribution < -0.4 is 10.1 Å². The van der Waals surface area contributed by atoms with E-state index in [1.807, 2.05) is 18.7 Å². The highest BCUT2D eigenvalue weighted by Crippen LogP contribution is 2.32. The van der Waals surface area contributed by atoms with E-state index in [-0.39, 0.29) is 62.4 Å². The van der Waals surface area contributed by atoms with E-state index in [0.29, 0.717) is 37.2 Å². The van der Waals surface area contributed by atoms with Crippen molar-refractivity contribution in [3.63, 3.8) is 0 Å². The second-order valence-electron chi connectivity index (χ2n) is 10.6. The summed E-state index contributed by atoms with van der Waals surface area (Å²) in [4.78, 5) is 29.3. The lowest BCUT2D eigenvalue weighted by molar-refractivity contribution is -0.274. The van der Waals surface area contributed by atoms with Crippen LogP contribution in [0.15, 0.2) is 47.4 Å². The van der Waals surface area contributed by atoms with Crippen LogP contribution in [-0.2, 0) is 25.8 Å². The monoisotopic (exact) mass is 651 g/mol. The molecule has 2 amide bonds. The van der Waals surface area contributed by atoms with E-state index >= 15 is 0 Å². The lowest BCUT2D eigenvalue weighted by Crippen LogP contribution is -2.43. The molecule has 9 nitrogen and oxygen atoms in total. The topological polar surface area (TPSA) is 116 Å². The van der Waals surface area contributed by atoms with Crippen molar-refractivity contribution in [1.29, 1.82) is 0 Å². The zero-order valence-corrected chi connectivity index (χ0v) is 26.0. The molecule has 15 heteroatoms. The Labute approximate surface area is 257 Å². The maximum Gasteiger partial charge on any atom is 0.573 e. The number of β-amino-alcohol motifs (C(OH)–C–C–N with tert-alkyl or cyclic N) is 1. The minimum Gasteiger partial charge on any atom is -0.406 e. The van der Waals surface area contributed by atoms with Crippen molar-refractivity contribution < 1.29 is 41.0 Å². The minimum atomic E-state index is -4.88. The summed E-state index contributed by atoms with van der Waals surface area (Å²) in [5.74, 6) is -2.03. The summed E-state index contributed by atoms with van der Waals surface area (Å²) in [5.41, 5.74) is 1.02. The molecular formula is C27H36F3N3O6S3. The number of likely N-dealkylation sites (tertiary alicyclic amines) is 1. The molecule has 234 valence electrons. The number of nitrogens with one attached hydrogen (secondary N) is 1. The molecule has 4 rings (SSSR count). The average Bonchev–Trinajstić information content (AvgIpc) is 3.24. The van der Waals surface area contributed by atoms with Gasteiger partial charge in [0.1, 0.15) is 11.5 Å². The van der Waals surface area contributed by atoms with Gasteiger partial charge in [-0.2, -0.15) is 27.0 Å². The fourth-order valence-corrected chi connectivity index (χ4v) is 6.38. The van der Waals surface area contributed by atoms with Crippen LogP contribution in [0.3, 0.4) is 0 Å². The van der Waals surface area contributed by atoms with Crippen LogP contribution in [0, 0.1) is 5.92 Å². The van der Waals surface area contributed by atoms with Gasteiger partial charge in [0.05, 0.1) is 29.1 Å². The van der Waals surface area contributed by atoms with Crippen LogP contribution >= 0.6 is 27.0 Å². The zero-order valence-electron chi connectivity index (χ0n) is 23.1. The number of anilines is 1. The van der Waals surface area contributed by atoms with Crippen LogP contribution in [0.5, 0.6) is 5.75 Å². The first-order valence-corrected chi connectivity index (χ1v) is 14.6. The number of alkyl halides is 3. The quantitative estimate of drug-likeness (QED) is 0.427. The number of amides is 2. The smallest absolute Gasteiger partial charge is 0.406 e. The summed E-state index contributed by atoms with van der Waals surface area (Å²) in [6.07, 6.45) is -4.99. The summed E-state index contributed by atoms with van der Waals surface area (Å²) in [6, 6.07) is 9.22. The SMILES string of the molecule is CC(C)CN(C(=O)Cc1ccc2c(c1)NC(=O)CS2(=O)=O)[C@H](CN1CC[C@@H](O)C1)c1cccc(OC(F)(F)F)c1.S.S. The number of halogens is 3. The predicted octanol–water partition coefficient (Wildman–Crippen LogP) is 3.37. The molecule has 0 aliphatic carbocycles. The van der Waals surface area contributed by atoms with E-state index in [2.05, 4.69) is 10.1 Å². The van der Waals surface area contributed by atoms with Gasteiger partial charge in [0.25, 0.3) is 0 Å². The van der Waals surface area contributed by atoms with Crippen LogP contribution in [0.25, 0.3) is 0 Å². The van der Waals surface area contributed by atoms with Crippen molar-refractivity contribution in [1.82, 2.24) is 9.80 Å². The first kappa shape index (κ1) is 35.7. The fraction of sp³-hybridized carbons (Fsp3) is 0.481. The van der Waals surface area contributed by atoms with Gasteiger partial charge < -0.3 is 20.1 Å². The van der Waals surface area contributed by atoms with E-state index in [0.717, 1.165) is 0 Å². The van der Waals surface area contributed by atoms with Crippen molar-refractivity contribution in [3.05, 3.63) is 53.6 Å². The molecule has 0 spiro atoms. The van der Waals surface area contributed by atoms with E-state index in [1.54, 1.807) is 11.0 Å². The molecule has 2 aromatic carbocycles. The average molecular weight is 652 g/mol. The molecule has 2 aliphatic rings. The van der Waals surface area contributed by atoms with Crippen molar-refractivity contribution in [2.45, 2.75) is 50.1 Å². The highest BCUT2D eigenvalue weighted by molar-refractivity contribution is 7.92. The summed E-state index contributed by atoms with van der Waals surface area (Å²) in [6.45, 7) is 5.35. The molecule has 1 fully saturated rings. The summed E-state index contributed by atoms with van der Waals surface area (Å²) in [5, 5.41) is 12.6. The van der Waals surface area contributed by atoms with Gasteiger partial charge in [0.2, 0.25) is 11.8 Å². The van der Waals surface area contributed by atoms with Gasteiger partial charge in [-0.15, -0.1) is 13.2 Å². The molecule has 0 saturated carbocycles. The third kappa shape index (κ3) is 9.27. The molecule has 0 bridgehead atoms. The third-order valence-electron chi connectivity index (χ3n) is 6.74. The van der Waals surface area contributed by atoms with Crippen LogP contribution in [0.1, 0.15) is 37.4 Å². The van der Waals surface area contributed by atoms with Gasteiger partial charge in [0, 0.05) is 26.2 Å². The van der Waals surface area contributed by atoms with E-state index in [4.69, 9.17) is 0 Å². The number of sulfone groups is 1. The number of fused-ring (bicyclic) bond motifs is 1. The molecular weight excluding hydrogens is 616 g/mol. The predicted molar refractivity (Wildman–Crippen MR) is 161 cm³/mol. The highest BCUT2D eigenvalue weighted by Gasteiger charge is 2.34. The van der Waals surface area contributed by atoms with Gasteiger partial charge in [-0.05, 0) is 47.7 Å². The Morgan fingerprint density at radius 1 is 1.19 bits per heavy atom. The number of aliphatic hydroxyl groups is 1. The molecule has 0 aromatic heterocycles. The third-order valence-corrected chi connectivity index (χ3v) is 8.41. The second kappa shape index (κ2) is 14.3. The Bertz CT molecular complexity index is 1370. The first-order valence-electron chi connectivity index (χ1n) is 12.9. The van der Waals surface area contributed by atoms with Crippen molar-refractivity contribution in [2.24, 2.45) is 5.92 Å². The number of hydrogen-bond donors (Lipinski definition) is 2. The van der Waals surface area contributed by atoms with Gasteiger partial charge in [-0.25, -0.2) is 8.42 Å². The number of hydrogen-bond acceptors (Lipinski definition) is 7. The Morgan fingerprint density at radius 2 is 1.90 bits per heavy atom. The lowest BCUT2D eigenvalue weighted by atomic mass is 10.0. The Balaban J connectivity index is 0.00000308. The van der Waals surface area contributed by atoms with Gasteiger partial charge >= 0.3 is 6.36 Å². The maximum absolute atomic E-state index is 13.8. The van der Waals surface area contributed by atoms with E-state index in [9.17, 15) is 36.3 Å². The molecule has 0 unspecified atom stereocenters. The number of carbonyl (C=O) groups is 2. The zero-order chi connectivity index (χ0) is 29.2. The van der Waals surface area contributed by atoms with Gasteiger partial charge in [-0.1, -0.05) is 32.0 Å². The van der Waals surface area contributed by atoms with Gasteiger partial charge in [0.15, 0.2) is 9.84 Å². The molecule has 0 radical (unpaired) electrons. The molecule has 2 atom stereocenters. The Morgan fingerprint density at radius 3 is 2.52 bits per heavy atom. The molecule has 2 aliphatic heterocycles. The highest BCUT2D eigenvalue weighted by atomic mass is 32.2. The maximum atomic E-state index is 13.8. The number of benzene rings is 2.